The van der Waals surface area contributed by atoms with Crippen LogP contribution >= 0.6 is 0 Å². The molecule has 0 heterocycles. The van der Waals surface area contributed by atoms with E-state index in [9.17, 15) is 4.79 Å². The van der Waals surface area contributed by atoms with Crippen molar-refractivity contribution >= 4 is 5.91 Å². The molecule has 1 N–H and O–H groups in total. The predicted octanol–water partition coefficient (Wildman–Crippen LogP) is 2.28. The van der Waals surface area contributed by atoms with Crippen LogP contribution in [0.2, 0.25) is 0 Å². The second kappa shape index (κ2) is 4.45. The topological polar surface area (TPSA) is 38.3 Å². The molecule has 0 fully saturated rings. The molecule has 3 nitrogen and oxygen atoms in total. The van der Waals surface area contributed by atoms with Crippen LogP contribution in [-0.2, 0) is 10.3 Å². The maximum Gasteiger partial charge on any atom is 0.274 e. The first-order valence-electron chi connectivity index (χ1n) is 4.89. The van der Waals surface area contributed by atoms with E-state index in [4.69, 9.17) is 0 Å². The summed E-state index contributed by atoms with van der Waals surface area (Å²) in [6.45, 7) is 6.33. The molecule has 1 amide bonds. The van der Waals surface area contributed by atoms with Gasteiger partial charge in [-0.25, -0.2) is 5.48 Å². The zero-order valence-electron chi connectivity index (χ0n) is 9.63. The van der Waals surface area contributed by atoms with Crippen molar-refractivity contribution in [1.82, 2.24) is 5.48 Å². The van der Waals surface area contributed by atoms with Gasteiger partial charge in [-0.1, -0.05) is 32.9 Å². The molecule has 82 valence electrons. The van der Waals surface area contributed by atoms with E-state index in [0.717, 1.165) is 5.56 Å². The van der Waals surface area contributed by atoms with Gasteiger partial charge < -0.3 is 0 Å². The smallest absolute Gasteiger partial charge is 0.274 e. The molecule has 0 spiro atoms. The Morgan fingerprint density at radius 3 is 2.53 bits per heavy atom. The molecule has 3 heteroatoms. The van der Waals surface area contributed by atoms with Crippen LogP contribution in [0.5, 0.6) is 0 Å². The fourth-order valence-corrected chi connectivity index (χ4v) is 1.28. The van der Waals surface area contributed by atoms with Crippen LogP contribution in [0.1, 0.15) is 36.7 Å². The summed E-state index contributed by atoms with van der Waals surface area (Å²) in [4.78, 5) is 16.1. The normalized spacial score (nSPS) is 11.2. The minimum absolute atomic E-state index is 0.0450. The summed E-state index contributed by atoms with van der Waals surface area (Å²) in [5.41, 5.74) is 4.09. The maximum absolute atomic E-state index is 11.5. The number of benzene rings is 1. The van der Waals surface area contributed by atoms with Gasteiger partial charge in [0.1, 0.15) is 0 Å². The van der Waals surface area contributed by atoms with Crippen LogP contribution < -0.4 is 5.48 Å². The summed E-state index contributed by atoms with van der Waals surface area (Å²) in [6.07, 6.45) is 0. The van der Waals surface area contributed by atoms with Crippen molar-refractivity contribution in [1.29, 1.82) is 0 Å². The Labute approximate surface area is 90.4 Å². The molecule has 1 aromatic carbocycles. The third-order valence-electron chi connectivity index (χ3n) is 2.19. The van der Waals surface area contributed by atoms with E-state index in [1.165, 1.54) is 7.11 Å². The summed E-state index contributed by atoms with van der Waals surface area (Å²) in [7, 11) is 1.42. The van der Waals surface area contributed by atoms with E-state index in [0.29, 0.717) is 5.56 Å². The fourth-order valence-electron chi connectivity index (χ4n) is 1.28. The zero-order valence-corrected chi connectivity index (χ0v) is 9.63. The molecular formula is C12H17NO2. The predicted molar refractivity (Wildman–Crippen MR) is 59.6 cm³/mol. The fraction of sp³-hybridized carbons (Fsp3) is 0.417. The van der Waals surface area contributed by atoms with E-state index in [1.807, 2.05) is 18.2 Å². The van der Waals surface area contributed by atoms with Crippen LogP contribution in [0.4, 0.5) is 0 Å². The Kier molecular flexibility index (Phi) is 3.48. The van der Waals surface area contributed by atoms with Gasteiger partial charge in [0.05, 0.1) is 7.11 Å². The highest BCUT2D eigenvalue weighted by Crippen LogP contribution is 2.22. The monoisotopic (exact) mass is 207 g/mol. The zero-order chi connectivity index (χ0) is 11.5. The first kappa shape index (κ1) is 11.7. The maximum atomic E-state index is 11.5. The number of hydrogen-bond donors (Lipinski definition) is 1. The number of rotatable bonds is 2. The molecule has 0 bridgehead atoms. The average molecular weight is 207 g/mol. The minimum atomic E-state index is -0.219. The Morgan fingerprint density at radius 1 is 1.33 bits per heavy atom. The van der Waals surface area contributed by atoms with Crippen LogP contribution in [0.15, 0.2) is 24.3 Å². The minimum Gasteiger partial charge on any atom is -0.277 e. The van der Waals surface area contributed by atoms with Crippen molar-refractivity contribution in [2.75, 3.05) is 7.11 Å². The molecule has 0 unspecified atom stereocenters. The highest BCUT2D eigenvalue weighted by molar-refractivity contribution is 5.93. The lowest BCUT2D eigenvalue weighted by Gasteiger charge is -2.19. The molecule has 0 saturated heterocycles. The summed E-state index contributed by atoms with van der Waals surface area (Å²) in [5.74, 6) is -0.219. The number of hydrogen-bond acceptors (Lipinski definition) is 2. The first-order valence-corrected chi connectivity index (χ1v) is 4.89. The number of nitrogens with one attached hydrogen (secondary N) is 1. The quantitative estimate of drug-likeness (QED) is 0.755. The Morgan fingerprint density at radius 2 is 2.00 bits per heavy atom. The van der Waals surface area contributed by atoms with Gasteiger partial charge in [0.15, 0.2) is 0 Å². The van der Waals surface area contributed by atoms with Crippen molar-refractivity contribution in [3.63, 3.8) is 0 Å². The van der Waals surface area contributed by atoms with Gasteiger partial charge >= 0.3 is 0 Å². The molecule has 0 radical (unpaired) electrons. The molecule has 1 rings (SSSR count). The van der Waals surface area contributed by atoms with Crippen molar-refractivity contribution in [3.05, 3.63) is 35.4 Å². The van der Waals surface area contributed by atoms with Gasteiger partial charge in [0.25, 0.3) is 5.91 Å². The van der Waals surface area contributed by atoms with Crippen molar-refractivity contribution in [3.8, 4) is 0 Å². The van der Waals surface area contributed by atoms with Crippen LogP contribution in [-0.4, -0.2) is 13.0 Å². The Bertz CT molecular complexity index is 353. The van der Waals surface area contributed by atoms with Crippen LogP contribution in [0, 0.1) is 0 Å². The van der Waals surface area contributed by atoms with E-state index in [-0.39, 0.29) is 11.3 Å². The lowest BCUT2D eigenvalue weighted by Crippen LogP contribution is -2.22. The number of hydroxylamine groups is 1. The van der Waals surface area contributed by atoms with Crippen LogP contribution in [0.3, 0.4) is 0 Å². The summed E-state index contributed by atoms with van der Waals surface area (Å²) in [6, 6.07) is 7.55. The molecule has 0 aliphatic carbocycles. The highest BCUT2D eigenvalue weighted by Gasteiger charge is 2.15. The first-order chi connectivity index (χ1) is 6.95. The third kappa shape index (κ3) is 3.06. The number of carbonyl (C=O) groups excluding carboxylic acids is 1. The second-order valence-corrected chi connectivity index (χ2v) is 4.47. The average Bonchev–Trinajstić information content (AvgIpc) is 2.17. The standard InChI is InChI=1S/C12H17NO2/c1-12(2,3)10-7-5-6-9(8-10)11(14)13-15-4/h5-8H,1-4H3,(H,13,14). The summed E-state index contributed by atoms with van der Waals surface area (Å²) >= 11 is 0. The molecule has 0 aliphatic rings. The van der Waals surface area contributed by atoms with Crippen molar-refractivity contribution in [2.45, 2.75) is 26.2 Å². The van der Waals surface area contributed by atoms with Gasteiger partial charge in [-0.05, 0) is 23.1 Å². The lowest BCUT2D eigenvalue weighted by molar-refractivity contribution is 0.0537. The molecule has 0 saturated carbocycles. The molecule has 0 atom stereocenters. The molecule has 0 aliphatic heterocycles. The summed E-state index contributed by atoms with van der Waals surface area (Å²) < 4.78 is 0. The van der Waals surface area contributed by atoms with Gasteiger partial charge in [-0.15, -0.1) is 0 Å². The van der Waals surface area contributed by atoms with Crippen molar-refractivity contribution < 1.29 is 9.63 Å². The lowest BCUT2D eigenvalue weighted by atomic mass is 9.86. The third-order valence-corrected chi connectivity index (χ3v) is 2.19. The van der Waals surface area contributed by atoms with Crippen molar-refractivity contribution in [2.24, 2.45) is 0 Å². The van der Waals surface area contributed by atoms with Crippen LogP contribution in [0.25, 0.3) is 0 Å². The largest absolute Gasteiger partial charge is 0.277 e. The van der Waals surface area contributed by atoms with E-state index >= 15 is 0 Å². The van der Waals surface area contributed by atoms with E-state index in [2.05, 4.69) is 31.1 Å². The SMILES string of the molecule is CONC(=O)c1cccc(C(C)(C)C)c1. The van der Waals surface area contributed by atoms with E-state index < -0.39 is 0 Å². The Balaban J connectivity index is 2.98. The highest BCUT2D eigenvalue weighted by atomic mass is 16.6. The van der Waals surface area contributed by atoms with Gasteiger partial charge in [-0.3, -0.25) is 9.63 Å². The van der Waals surface area contributed by atoms with Gasteiger partial charge in [-0.2, -0.15) is 0 Å². The van der Waals surface area contributed by atoms with Gasteiger partial charge in [0.2, 0.25) is 0 Å². The summed E-state index contributed by atoms with van der Waals surface area (Å²) in [5, 5.41) is 0. The second-order valence-electron chi connectivity index (χ2n) is 4.47. The molecule has 1 aromatic rings. The number of amides is 1. The Hall–Kier alpha value is -1.35. The number of carbonyl (C=O) groups is 1. The molecule has 0 aromatic heterocycles. The molecule has 15 heavy (non-hydrogen) atoms. The molecular weight excluding hydrogens is 190 g/mol. The van der Waals surface area contributed by atoms with Gasteiger partial charge in [0, 0.05) is 5.56 Å². The van der Waals surface area contributed by atoms with E-state index in [1.54, 1.807) is 6.07 Å².